The van der Waals surface area contributed by atoms with Crippen molar-refractivity contribution in [1.82, 2.24) is 18.3 Å². The lowest BCUT2D eigenvalue weighted by Crippen LogP contribution is -2.27. The molecule has 360 valence electrons. The highest BCUT2D eigenvalue weighted by molar-refractivity contribution is 6.11. The minimum atomic E-state index is -0.725. The van der Waals surface area contributed by atoms with Crippen molar-refractivity contribution in [3.63, 3.8) is 0 Å². The largest absolute Gasteiger partial charge is 0.313 e. The number of fused-ring (bicyclic) bond motifs is 22. The molecule has 4 aromatic heterocycles. The van der Waals surface area contributed by atoms with E-state index in [1.807, 2.05) is 0 Å². The van der Waals surface area contributed by atoms with Crippen LogP contribution in [0, 0.1) is 0 Å². The second kappa shape index (κ2) is 15.2. The fourth-order valence-corrected chi connectivity index (χ4v) is 15.1. The van der Waals surface area contributed by atoms with Gasteiger partial charge in [0, 0.05) is 77.6 Å². The molecule has 4 aliphatic carbocycles. The highest BCUT2D eigenvalue weighted by atomic mass is 15.0. The normalized spacial score (nSPS) is 14.5. The summed E-state index contributed by atoms with van der Waals surface area (Å²) in [6, 6.07) is 83.4. The van der Waals surface area contributed by atoms with Crippen LogP contribution in [0.4, 0.5) is 0 Å². The van der Waals surface area contributed by atoms with Crippen molar-refractivity contribution in [2.45, 2.75) is 31.1 Å². The van der Waals surface area contributed by atoms with E-state index in [2.05, 4.69) is 261 Å². The molecule has 4 nitrogen and oxygen atoms in total. The Labute approximate surface area is 444 Å². The SMILES string of the molecule is C1=Cc2c(n(-c3ccc4c(c3)C3(c5cc(-n6c7c(c8ccccc86)C=CCC7)ccc5-4)c4cc(-n5c6ccccc6c6ccccc65)ccc4-c4ccc(-n5c6ccccc6c6ccccc65)cc43)c3ccccc23)CC1. The summed E-state index contributed by atoms with van der Waals surface area (Å²) in [6.07, 6.45) is 13.5. The molecule has 14 aromatic rings. The van der Waals surface area contributed by atoms with E-state index in [9.17, 15) is 0 Å². The predicted octanol–water partition coefficient (Wildman–Crippen LogP) is 18.0. The lowest BCUT2D eigenvalue weighted by molar-refractivity contribution is 0.786. The van der Waals surface area contributed by atoms with Gasteiger partial charge in [-0.05, 0) is 155 Å². The highest BCUT2D eigenvalue weighted by Crippen LogP contribution is 2.64. The summed E-state index contributed by atoms with van der Waals surface area (Å²) in [6.45, 7) is 0. The van der Waals surface area contributed by atoms with Gasteiger partial charge in [-0.2, -0.15) is 0 Å². The van der Waals surface area contributed by atoms with Gasteiger partial charge in [-0.15, -0.1) is 0 Å². The van der Waals surface area contributed by atoms with Crippen LogP contribution in [-0.4, -0.2) is 18.3 Å². The number of hydrogen-bond acceptors (Lipinski definition) is 0. The van der Waals surface area contributed by atoms with Gasteiger partial charge >= 0.3 is 0 Å². The number of rotatable bonds is 4. The van der Waals surface area contributed by atoms with Crippen LogP contribution >= 0.6 is 0 Å². The molecule has 1 spiro atoms. The van der Waals surface area contributed by atoms with Crippen molar-refractivity contribution < 1.29 is 0 Å². The minimum absolute atomic E-state index is 0.725. The fraction of sp³-hybridized carbons (Fsp3) is 0.0685. The zero-order valence-corrected chi connectivity index (χ0v) is 42.2. The van der Waals surface area contributed by atoms with E-state index in [-0.39, 0.29) is 0 Å². The molecule has 0 saturated carbocycles. The number of nitrogens with zero attached hydrogens (tertiary/aromatic N) is 4. The summed E-state index contributed by atoms with van der Waals surface area (Å²) in [7, 11) is 0. The van der Waals surface area contributed by atoms with Gasteiger partial charge < -0.3 is 18.3 Å². The molecule has 4 heterocycles. The smallest absolute Gasteiger partial charge is 0.0728 e. The van der Waals surface area contributed by atoms with Crippen LogP contribution in [0.25, 0.3) is 123 Å². The maximum atomic E-state index is 2.59. The van der Waals surface area contributed by atoms with E-state index < -0.39 is 5.41 Å². The number of aromatic nitrogens is 4. The van der Waals surface area contributed by atoms with Crippen LogP contribution in [0.5, 0.6) is 0 Å². The van der Waals surface area contributed by atoms with E-state index in [4.69, 9.17) is 0 Å². The van der Waals surface area contributed by atoms with Crippen LogP contribution in [0.15, 0.2) is 231 Å². The first-order valence-corrected chi connectivity index (χ1v) is 27.4. The van der Waals surface area contributed by atoms with Crippen LogP contribution in [0.3, 0.4) is 0 Å². The summed E-state index contributed by atoms with van der Waals surface area (Å²) in [5.41, 5.74) is 27.2. The maximum absolute atomic E-state index is 2.59. The number of para-hydroxylation sites is 6. The molecular weight excluding hydrogens is 933 g/mol. The third-order valence-electron chi connectivity index (χ3n) is 18.1. The van der Waals surface area contributed by atoms with Crippen molar-refractivity contribution in [1.29, 1.82) is 0 Å². The quantitative estimate of drug-likeness (QED) is 0.167. The first-order valence-electron chi connectivity index (χ1n) is 27.4. The fourth-order valence-electron chi connectivity index (χ4n) is 15.1. The maximum Gasteiger partial charge on any atom is 0.0728 e. The first-order chi connectivity index (χ1) is 38.2. The van der Waals surface area contributed by atoms with Crippen LogP contribution in [-0.2, 0) is 18.3 Å². The Balaban J connectivity index is 0.989. The van der Waals surface area contributed by atoms with Crippen molar-refractivity contribution in [3.05, 3.63) is 275 Å². The second-order valence-electron chi connectivity index (χ2n) is 21.7. The third-order valence-corrected chi connectivity index (χ3v) is 18.1. The predicted molar refractivity (Wildman–Crippen MR) is 320 cm³/mol. The Morgan fingerprint density at radius 2 is 0.545 bits per heavy atom. The Morgan fingerprint density at radius 1 is 0.273 bits per heavy atom. The molecule has 0 fully saturated rings. The number of hydrogen-bond donors (Lipinski definition) is 0. The Hall–Kier alpha value is -9.64. The van der Waals surface area contributed by atoms with Crippen LogP contribution < -0.4 is 0 Å². The lowest BCUT2D eigenvalue weighted by Gasteiger charge is -2.32. The van der Waals surface area contributed by atoms with Gasteiger partial charge in [0.1, 0.15) is 0 Å². The van der Waals surface area contributed by atoms with Crippen molar-refractivity contribution in [3.8, 4) is 45.0 Å². The summed E-state index contributed by atoms with van der Waals surface area (Å²) >= 11 is 0. The summed E-state index contributed by atoms with van der Waals surface area (Å²) in [5, 5.41) is 7.66. The molecule has 0 amide bonds. The van der Waals surface area contributed by atoms with Gasteiger partial charge in [0.25, 0.3) is 0 Å². The molecule has 4 heteroatoms. The molecule has 77 heavy (non-hydrogen) atoms. The topological polar surface area (TPSA) is 19.7 Å². The van der Waals surface area contributed by atoms with Crippen molar-refractivity contribution in [2.24, 2.45) is 0 Å². The van der Waals surface area contributed by atoms with Gasteiger partial charge in [-0.25, -0.2) is 0 Å². The van der Waals surface area contributed by atoms with Crippen LogP contribution in [0.1, 0.15) is 57.6 Å². The molecule has 10 aromatic carbocycles. The molecule has 0 unspecified atom stereocenters. The van der Waals surface area contributed by atoms with E-state index in [1.54, 1.807) is 0 Å². The molecule has 18 rings (SSSR count). The first kappa shape index (κ1) is 41.7. The zero-order chi connectivity index (χ0) is 50.1. The Morgan fingerprint density at radius 3 is 0.870 bits per heavy atom. The second-order valence-corrected chi connectivity index (χ2v) is 21.7. The van der Waals surface area contributed by atoms with Crippen molar-refractivity contribution >= 4 is 77.6 Å². The van der Waals surface area contributed by atoms with Gasteiger partial charge in [0.2, 0.25) is 0 Å². The number of benzene rings is 10. The molecule has 0 saturated heterocycles. The molecule has 0 aliphatic heterocycles. The minimum Gasteiger partial charge on any atom is -0.313 e. The average Bonchev–Trinajstić information content (AvgIpc) is 4.42. The molecule has 0 atom stereocenters. The summed E-state index contributed by atoms with van der Waals surface area (Å²) in [4.78, 5) is 0. The lowest BCUT2D eigenvalue weighted by atomic mass is 9.70. The van der Waals surface area contributed by atoms with Gasteiger partial charge in [0.15, 0.2) is 0 Å². The monoisotopic (exact) mass is 980 g/mol. The molecule has 0 N–H and O–H groups in total. The van der Waals surface area contributed by atoms with E-state index in [0.717, 1.165) is 37.1 Å². The van der Waals surface area contributed by atoms with Crippen molar-refractivity contribution in [2.75, 3.05) is 0 Å². The van der Waals surface area contributed by atoms with E-state index in [0.29, 0.717) is 0 Å². The molecule has 4 aliphatic rings. The average molecular weight is 981 g/mol. The number of allylic oxidation sites excluding steroid dienone is 2. The molecular formula is C73H48N4. The third kappa shape index (κ3) is 5.36. The summed E-state index contributed by atoms with van der Waals surface area (Å²) < 4.78 is 10.2. The van der Waals surface area contributed by atoms with Gasteiger partial charge in [0.05, 0.1) is 38.5 Å². The van der Waals surface area contributed by atoms with Gasteiger partial charge in [-0.3, -0.25) is 0 Å². The zero-order valence-electron chi connectivity index (χ0n) is 42.2. The van der Waals surface area contributed by atoms with E-state index >= 15 is 0 Å². The van der Waals surface area contributed by atoms with E-state index in [1.165, 1.54) is 144 Å². The Kier molecular flexibility index (Phi) is 8.25. The highest BCUT2D eigenvalue weighted by Gasteiger charge is 2.53. The Bertz CT molecular complexity index is 4580. The molecule has 0 bridgehead atoms. The van der Waals surface area contributed by atoms with Crippen LogP contribution in [0.2, 0.25) is 0 Å². The molecule has 0 radical (unpaired) electrons. The standard InChI is InChI=1S/C73H48N4/c1-9-25-65-53(17-1)54-18-2-10-26-66(54)74(65)45-33-37-49-50-38-34-46(75-67-27-11-3-19-55(67)56-20-4-12-28-68(56)75)42-62(50)73(61(49)41-45)63-43-47(76-69-29-13-5-21-57(69)58-22-6-14-30-70(58)76)35-39-51(63)52-40-36-48(44-64(52)73)77-71-31-15-7-23-59(71)60-24-8-16-32-72(60)77/h1-13,15,17-29,31,33-44H,14,16,30,32H2. The van der Waals surface area contributed by atoms with Gasteiger partial charge in [-0.1, -0.05) is 158 Å². The summed E-state index contributed by atoms with van der Waals surface area (Å²) in [5.74, 6) is 0.